The molecular weight excluding hydrogens is 587 g/mol. The van der Waals surface area contributed by atoms with Crippen molar-refractivity contribution in [1.82, 2.24) is 3.97 Å². The Morgan fingerprint density at radius 2 is 1.40 bits per heavy atom. The fraction of sp³-hybridized carbons (Fsp3) is 0.484. The van der Waals surface area contributed by atoms with Crippen molar-refractivity contribution >= 4 is 49.6 Å². The first-order chi connectivity index (χ1) is 19.7. The zero-order valence-electron chi connectivity index (χ0n) is 25.8. The van der Waals surface area contributed by atoms with Gasteiger partial charge in [-0.2, -0.15) is 0 Å². The van der Waals surface area contributed by atoms with Crippen molar-refractivity contribution in [3.63, 3.8) is 0 Å². The van der Waals surface area contributed by atoms with Gasteiger partial charge in [-0.25, -0.2) is 12.4 Å². The lowest BCUT2D eigenvalue weighted by Gasteiger charge is -2.50. The van der Waals surface area contributed by atoms with E-state index in [1.54, 1.807) is 48.5 Å². The molecule has 0 amide bonds. The minimum absolute atomic E-state index is 0.0187. The van der Waals surface area contributed by atoms with Gasteiger partial charge >= 0.3 is 17.1 Å². The molecule has 1 aliphatic rings. The van der Waals surface area contributed by atoms with E-state index in [0.717, 1.165) is 3.97 Å². The number of nitrogens with zero attached hydrogens (tertiary/aromatic N) is 1. The molecule has 2 heterocycles. The molecule has 1 atom stereocenters. The highest BCUT2D eigenvalue weighted by Crippen LogP contribution is 2.46. The van der Waals surface area contributed by atoms with Crippen LogP contribution in [0.25, 0.3) is 10.9 Å². The van der Waals surface area contributed by atoms with Crippen molar-refractivity contribution in [2.24, 2.45) is 0 Å². The number of aromatic nitrogens is 1. The summed E-state index contributed by atoms with van der Waals surface area (Å²) in [7, 11) is -10.2. The predicted octanol–water partition coefficient (Wildman–Crippen LogP) is 6.98. The van der Waals surface area contributed by atoms with E-state index in [-0.39, 0.29) is 51.6 Å². The smallest absolute Gasteiger partial charge is 0.335 e. The van der Waals surface area contributed by atoms with E-state index < -0.39 is 39.0 Å². The number of para-hydroxylation sites is 1. The Morgan fingerprint density at radius 1 is 0.857 bits per heavy atom. The molecule has 0 bridgehead atoms. The molecule has 0 saturated carbocycles. The van der Waals surface area contributed by atoms with Crippen LogP contribution in [0.4, 0.5) is 0 Å². The predicted molar refractivity (Wildman–Crippen MR) is 169 cm³/mol. The highest BCUT2D eigenvalue weighted by Gasteiger charge is 2.59. The summed E-state index contributed by atoms with van der Waals surface area (Å²) < 4.78 is 49.2. The van der Waals surface area contributed by atoms with E-state index in [1.165, 1.54) is 12.1 Å². The van der Waals surface area contributed by atoms with Crippen molar-refractivity contribution in [2.75, 3.05) is 6.61 Å². The van der Waals surface area contributed by atoms with Crippen LogP contribution in [-0.4, -0.2) is 53.8 Å². The van der Waals surface area contributed by atoms with Crippen LogP contribution in [0.15, 0.2) is 65.6 Å². The molecule has 0 unspecified atom stereocenters. The van der Waals surface area contributed by atoms with Gasteiger partial charge in [0.15, 0.2) is 11.6 Å². The Labute approximate surface area is 251 Å². The summed E-state index contributed by atoms with van der Waals surface area (Å²) in [6.45, 7) is 16.3. The van der Waals surface area contributed by atoms with E-state index in [9.17, 15) is 18.0 Å². The number of hydrogen-bond donors (Lipinski definition) is 0. The maximum absolute atomic E-state index is 14.0. The number of ketones is 2. The SMILES string of the molecule is CC(C)[Si]1(C(C)C)OCC(=O)[C@H](CC(=O)c2cc3ccccc3n2S(=O)(=O)c2ccccc2)O[Si](C(C)C)(C(C)C)O1. The Hall–Kier alpha value is -2.42. The van der Waals surface area contributed by atoms with Crippen molar-refractivity contribution in [1.29, 1.82) is 0 Å². The quantitative estimate of drug-likeness (QED) is 0.186. The fourth-order valence-electron chi connectivity index (χ4n) is 5.99. The molecule has 11 heteroatoms. The van der Waals surface area contributed by atoms with Gasteiger partial charge in [-0.1, -0.05) is 91.8 Å². The lowest BCUT2D eigenvalue weighted by molar-refractivity contribution is -0.131. The lowest BCUT2D eigenvalue weighted by atomic mass is 10.1. The first-order valence-corrected chi connectivity index (χ1v) is 20.0. The third kappa shape index (κ3) is 5.74. The summed E-state index contributed by atoms with van der Waals surface area (Å²) >= 11 is 0. The molecule has 42 heavy (non-hydrogen) atoms. The number of benzene rings is 2. The second kappa shape index (κ2) is 12.3. The van der Waals surface area contributed by atoms with E-state index in [1.807, 2.05) is 27.7 Å². The zero-order chi connectivity index (χ0) is 31.0. The molecule has 1 fully saturated rings. The summed E-state index contributed by atoms with van der Waals surface area (Å²) in [5.41, 5.74) is 0.470. The molecule has 0 spiro atoms. The second-order valence-corrected chi connectivity index (χ2v) is 23.0. The topological polar surface area (TPSA) is 101 Å². The Kier molecular flexibility index (Phi) is 9.51. The van der Waals surface area contributed by atoms with E-state index in [2.05, 4.69) is 27.7 Å². The monoisotopic (exact) mass is 629 g/mol. The number of Topliss-reactive ketones (excluding diaryl/α,β-unsaturated/α-hetero) is 2. The average molecular weight is 630 g/mol. The van der Waals surface area contributed by atoms with Gasteiger partial charge in [0.05, 0.1) is 17.0 Å². The highest BCUT2D eigenvalue weighted by atomic mass is 32.2. The minimum Gasteiger partial charge on any atom is -0.414 e. The minimum atomic E-state index is -4.11. The molecule has 0 radical (unpaired) electrons. The van der Waals surface area contributed by atoms with E-state index in [0.29, 0.717) is 10.9 Å². The zero-order valence-corrected chi connectivity index (χ0v) is 28.6. The fourth-order valence-corrected chi connectivity index (χ4v) is 18.6. The lowest BCUT2D eigenvalue weighted by Crippen LogP contribution is -2.65. The van der Waals surface area contributed by atoms with Gasteiger partial charge in [0, 0.05) is 11.8 Å². The van der Waals surface area contributed by atoms with Gasteiger partial charge in [-0.15, -0.1) is 0 Å². The van der Waals surface area contributed by atoms with E-state index >= 15 is 0 Å². The molecule has 4 rings (SSSR count). The molecule has 0 aliphatic carbocycles. The maximum Gasteiger partial charge on any atom is 0.335 e. The van der Waals surface area contributed by atoms with Crippen LogP contribution in [0, 0.1) is 0 Å². The largest absolute Gasteiger partial charge is 0.414 e. The first kappa shape index (κ1) is 32.5. The van der Waals surface area contributed by atoms with Gasteiger partial charge in [0.25, 0.3) is 10.0 Å². The van der Waals surface area contributed by atoms with Crippen molar-refractivity contribution in [3.8, 4) is 0 Å². The Bertz CT molecular complexity index is 1530. The van der Waals surface area contributed by atoms with Gasteiger partial charge < -0.3 is 13.0 Å². The van der Waals surface area contributed by atoms with Crippen molar-refractivity contribution in [2.45, 2.75) is 95.0 Å². The van der Waals surface area contributed by atoms with Crippen LogP contribution in [0.2, 0.25) is 22.2 Å². The molecule has 2 aromatic carbocycles. The van der Waals surface area contributed by atoms with Crippen LogP contribution >= 0.6 is 0 Å². The van der Waals surface area contributed by atoms with Gasteiger partial charge in [-0.3, -0.25) is 9.59 Å². The van der Waals surface area contributed by atoms with Crippen LogP contribution < -0.4 is 0 Å². The van der Waals surface area contributed by atoms with Crippen LogP contribution in [0.1, 0.15) is 72.3 Å². The molecule has 1 saturated heterocycles. The second-order valence-electron chi connectivity index (χ2n) is 12.3. The Balaban J connectivity index is 1.79. The van der Waals surface area contributed by atoms with Gasteiger partial charge in [0.2, 0.25) is 0 Å². The van der Waals surface area contributed by atoms with E-state index in [4.69, 9.17) is 13.0 Å². The summed E-state index contributed by atoms with van der Waals surface area (Å²) in [5.74, 6) is -0.826. The average Bonchev–Trinajstić information content (AvgIpc) is 3.33. The number of hydrogen-bond acceptors (Lipinski definition) is 7. The molecule has 1 aliphatic heterocycles. The third-order valence-corrected chi connectivity index (χ3v) is 20.2. The summed E-state index contributed by atoms with van der Waals surface area (Å²) in [6, 6.07) is 16.5. The van der Waals surface area contributed by atoms with Crippen molar-refractivity contribution < 1.29 is 31.0 Å². The highest BCUT2D eigenvalue weighted by molar-refractivity contribution is 7.90. The summed E-state index contributed by atoms with van der Waals surface area (Å²) in [6.07, 6.45) is -1.44. The molecule has 8 nitrogen and oxygen atoms in total. The number of fused-ring (bicyclic) bond motifs is 1. The number of carbonyl (C=O) groups is 2. The first-order valence-electron chi connectivity index (χ1n) is 14.7. The van der Waals surface area contributed by atoms with Crippen LogP contribution in [0.5, 0.6) is 0 Å². The Morgan fingerprint density at radius 3 is 1.98 bits per heavy atom. The molecular formula is C31H43NO7SSi2. The molecule has 0 N–H and O–H groups in total. The van der Waals surface area contributed by atoms with Gasteiger partial charge in [-0.05, 0) is 46.4 Å². The van der Waals surface area contributed by atoms with Crippen LogP contribution in [-0.2, 0) is 27.8 Å². The summed E-state index contributed by atoms with van der Waals surface area (Å²) in [4.78, 5) is 27.8. The summed E-state index contributed by atoms with van der Waals surface area (Å²) in [5, 5.41) is 0.606. The molecule has 3 aromatic rings. The normalized spacial score (nSPS) is 19.5. The van der Waals surface area contributed by atoms with Crippen molar-refractivity contribution in [3.05, 3.63) is 66.4 Å². The number of carbonyl (C=O) groups excluding carboxylic acids is 2. The molecule has 228 valence electrons. The number of rotatable bonds is 9. The van der Waals surface area contributed by atoms with Gasteiger partial charge in [0.1, 0.15) is 11.8 Å². The third-order valence-electron chi connectivity index (χ3n) is 8.27. The maximum atomic E-state index is 14.0. The molecule has 1 aromatic heterocycles. The van der Waals surface area contributed by atoms with Crippen LogP contribution in [0.3, 0.4) is 0 Å². The standard InChI is InChI=1S/C31H43NO7SSi2/c1-21(2)41(22(3)4)37-20-30(34)31(38-42(39-41,23(5)6)24(7)8)19-29(33)28-18-25-14-12-13-17-27(25)32(28)40(35,36)26-15-10-9-11-16-26/h9-18,21-24,31H,19-20H2,1-8H3/t31-/m0/s1.